The van der Waals surface area contributed by atoms with E-state index in [0.717, 1.165) is 10.9 Å². The van der Waals surface area contributed by atoms with Crippen molar-refractivity contribution in [2.24, 2.45) is 0 Å². The van der Waals surface area contributed by atoms with Crippen LogP contribution in [0.1, 0.15) is 5.56 Å². The van der Waals surface area contributed by atoms with Crippen LogP contribution in [0.3, 0.4) is 0 Å². The van der Waals surface area contributed by atoms with Gasteiger partial charge in [-0.25, -0.2) is 4.98 Å². The predicted octanol–water partition coefficient (Wildman–Crippen LogP) is 4.36. The van der Waals surface area contributed by atoms with Crippen LogP contribution in [-0.2, 0) is 0 Å². The lowest BCUT2D eigenvalue weighted by Crippen LogP contribution is -1.94. The van der Waals surface area contributed by atoms with Gasteiger partial charge in [0.15, 0.2) is 11.5 Å². The average Bonchev–Trinajstić information content (AvgIpc) is 2.81. The molecule has 3 aromatic rings. The summed E-state index contributed by atoms with van der Waals surface area (Å²) in [5, 5.41) is 12.1. The zero-order chi connectivity index (χ0) is 14.3. The highest BCUT2D eigenvalue weighted by molar-refractivity contribution is 6.29. The molecule has 0 spiro atoms. The predicted molar refractivity (Wildman–Crippen MR) is 75.8 cm³/mol. The summed E-state index contributed by atoms with van der Waals surface area (Å²) >= 11 is 5.82. The van der Waals surface area contributed by atoms with Gasteiger partial charge in [0.1, 0.15) is 10.7 Å². The number of pyridine rings is 1. The lowest BCUT2D eigenvalue weighted by molar-refractivity contribution is -0.384. The summed E-state index contributed by atoms with van der Waals surface area (Å²) in [5.74, 6) is 0.333. The number of aromatic nitrogens is 1. The molecule has 5 nitrogen and oxygen atoms in total. The van der Waals surface area contributed by atoms with Crippen LogP contribution >= 0.6 is 11.6 Å². The van der Waals surface area contributed by atoms with Gasteiger partial charge in [0.05, 0.1) is 4.92 Å². The Labute approximate surface area is 119 Å². The molecule has 2 heterocycles. The minimum atomic E-state index is -0.503. The first-order valence-corrected chi connectivity index (χ1v) is 6.24. The molecule has 20 heavy (non-hydrogen) atoms. The zero-order valence-electron chi connectivity index (χ0n) is 10.5. The number of fused-ring (bicyclic) bond motifs is 1. The molecule has 0 aliphatic carbocycles. The van der Waals surface area contributed by atoms with Crippen molar-refractivity contribution in [2.75, 3.05) is 0 Å². The smallest absolute Gasteiger partial charge is 0.298 e. The van der Waals surface area contributed by atoms with Crippen molar-refractivity contribution >= 4 is 28.3 Å². The molecule has 0 aliphatic rings. The third kappa shape index (κ3) is 2.12. The fourth-order valence-corrected chi connectivity index (χ4v) is 2.18. The van der Waals surface area contributed by atoms with E-state index in [4.69, 9.17) is 16.0 Å². The Bertz CT molecular complexity index is 826. The van der Waals surface area contributed by atoms with Crippen LogP contribution in [0.15, 0.2) is 40.8 Å². The molecule has 100 valence electrons. The molecule has 0 aliphatic heterocycles. The number of halogens is 1. The van der Waals surface area contributed by atoms with Gasteiger partial charge >= 0.3 is 0 Å². The first-order valence-electron chi connectivity index (χ1n) is 5.86. The molecular formula is C14H9ClN2O3. The molecule has 0 saturated heterocycles. The van der Waals surface area contributed by atoms with E-state index in [2.05, 4.69) is 4.98 Å². The molecule has 2 aromatic heterocycles. The van der Waals surface area contributed by atoms with Crippen LogP contribution in [0, 0.1) is 17.0 Å². The molecule has 0 unspecified atom stereocenters. The Morgan fingerprint density at radius 1 is 1.25 bits per heavy atom. The molecule has 0 N–H and O–H groups in total. The summed E-state index contributed by atoms with van der Waals surface area (Å²) in [4.78, 5) is 14.6. The second-order valence-electron chi connectivity index (χ2n) is 4.41. The molecule has 0 atom stereocenters. The van der Waals surface area contributed by atoms with E-state index in [0.29, 0.717) is 11.3 Å². The molecule has 0 radical (unpaired) electrons. The van der Waals surface area contributed by atoms with Crippen molar-refractivity contribution in [1.29, 1.82) is 0 Å². The van der Waals surface area contributed by atoms with E-state index in [9.17, 15) is 10.1 Å². The summed E-state index contributed by atoms with van der Waals surface area (Å²) in [6.07, 6.45) is 0. The molecule has 0 amide bonds. The minimum absolute atomic E-state index is 0.134. The van der Waals surface area contributed by atoms with Crippen LogP contribution in [-0.4, -0.2) is 9.91 Å². The number of nitrogens with zero attached hydrogens (tertiary/aromatic N) is 2. The Balaban J connectivity index is 2.24. The fourth-order valence-electron chi connectivity index (χ4n) is 2.04. The second kappa shape index (κ2) is 4.61. The van der Waals surface area contributed by atoms with E-state index in [1.165, 1.54) is 12.1 Å². The van der Waals surface area contributed by atoms with Crippen LogP contribution in [0.5, 0.6) is 0 Å². The van der Waals surface area contributed by atoms with E-state index < -0.39 is 4.92 Å². The first-order chi connectivity index (χ1) is 9.54. The highest BCUT2D eigenvalue weighted by Gasteiger charge is 2.20. The Hall–Kier alpha value is -2.40. The van der Waals surface area contributed by atoms with Gasteiger partial charge in [-0.1, -0.05) is 23.2 Å². The summed E-state index contributed by atoms with van der Waals surface area (Å²) < 4.78 is 5.63. The maximum Gasteiger partial charge on any atom is 0.298 e. The highest BCUT2D eigenvalue weighted by atomic mass is 35.5. The molecular weight excluding hydrogens is 280 g/mol. The van der Waals surface area contributed by atoms with Gasteiger partial charge in [0.25, 0.3) is 5.69 Å². The number of hydrogen-bond donors (Lipinski definition) is 0. The summed E-state index contributed by atoms with van der Waals surface area (Å²) in [7, 11) is 0. The SMILES string of the molecule is Cc1ccc2oc(-c3nc(Cl)ccc3[N+](=O)[O-])cc2c1. The van der Waals surface area contributed by atoms with Crippen molar-refractivity contribution < 1.29 is 9.34 Å². The largest absolute Gasteiger partial charge is 0.454 e. The van der Waals surface area contributed by atoms with Crippen molar-refractivity contribution in [3.8, 4) is 11.5 Å². The fraction of sp³-hybridized carbons (Fsp3) is 0.0714. The van der Waals surface area contributed by atoms with Crippen molar-refractivity contribution in [1.82, 2.24) is 4.98 Å². The number of rotatable bonds is 2. The number of furan rings is 1. The highest BCUT2D eigenvalue weighted by Crippen LogP contribution is 2.33. The lowest BCUT2D eigenvalue weighted by Gasteiger charge is -1.98. The average molecular weight is 289 g/mol. The van der Waals surface area contributed by atoms with Gasteiger partial charge in [0.2, 0.25) is 0 Å². The molecule has 6 heteroatoms. The molecule has 1 aromatic carbocycles. The maximum absolute atomic E-state index is 11.1. The molecule has 0 saturated carbocycles. The van der Waals surface area contributed by atoms with Crippen LogP contribution < -0.4 is 0 Å². The number of benzene rings is 1. The standard InChI is InChI=1S/C14H9ClN2O3/c1-8-2-4-11-9(6-8)7-12(20-11)14-10(17(18)19)3-5-13(15)16-14/h2-7H,1H3. The Morgan fingerprint density at radius 2 is 2.05 bits per heavy atom. The van der Waals surface area contributed by atoms with Gasteiger partial charge in [-0.2, -0.15) is 0 Å². The molecule has 3 rings (SSSR count). The summed E-state index contributed by atoms with van der Waals surface area (Å²) in [6.45, 7) is 1.96. The normalized spacial score (nSPS) is 10.9. The Kier molecular flexibility index (Phi) is 2.91. The first kappa shape index (κ1) is 12.6. The van der Waals surface area contributed by atoms with Crippen LogP contribution in [0.25, 0.3) is 22.4 Å². The topological polar surface area (TPSA) is 69.2 Å². The maximum atomic E-state index is 11.1. The van der Waals surface area contributed by atoms with Crippen molar-refractivity contribution in [3.63, 3.8) is 0 Å². The van der Waals surface area contributed by atoms with Gasteiger partial charge in [0, 0.05) is 11.5 Å². The van der Waals surface area contributed by atoms with Crippen LogP contribution in [0.4, 0.5) is 5.69 Å². The zero-order valence-corrected chi connectivity index (χ0v) is 11.2. The third-order valence-corrected chi connectivity index (χ3v) is 3.15. The van der Waals surface area contributed by atoms with Gasteiger partial charge in [-0.15, -0.1) is 0 Å². The quantitative estimate of drug-likeness (QED) is 0.399. The van der Waals surface area contributed by atoms with Crippen molar-refractivity contribution in [3.05, 3.63) is 57.2 Å². The lowest BCUT2D eigenvalue weighted by atomic mass is 10.1. The van der Waals surface area contributed by atoms with Crippen LogP contribution in [0.2, 0.25) is 5.15 Å². The molecule has 0 fully saturated rings. The summed E-state index contributed by atoms with van der Waals surface area (Å²) in [6, 6.07) is 10.1. The van der Waals surface area contributed by atoms with Gasteiger partial charge in [-0.05, 0) is 31.2 Å². The van der Waals surface area contributed by atoms with E-state index >= 15 is 0 Å². The number of hydrogen-bond acceptors (Lipinski definition) is 4. The Morgan fingerprint density at radius 3 is 2.80 bits per heavy atom. The molecule has 0 bridgehead atoms. The number of nitro groups is 1. The van der Waals surface area contributed by atoms with Crippen molar-refractivity contribution in [2.45, 2.75) is 6.92 Å². The summed E-state index contributed by atoms with van der Waals surface area (Å²) in [5.41, 5.74) is 1.74. The van der Waals surface area contributed by atoms with E-state index in [-0.39, 0.29) is 16.5 Å². The van der Waals surface area contributed by atoms with E-state index in [1.54, 1.807) is 6.07 Å². The van der Waals surface area contributed by atoms with Gasteiger partial charge in [-0.3, -0.25) is 10.1 Å². The second-order valence-corrected chi connectivity index (χ2v) is 4.80. The monoisotopic (exact) mass is 288 g/mol. The van der Waals surface area contributed by atoms with E-state index in [1.807, 2.05) is 25.1 Å². The number of aryl methyl sites for hydroxylation is 1. The minimum Gasteiger partial charge on any atom is -0.454 e. The van der Waals surface area contributed by atoms with Gasteiger partial charge < -0.3 is 4.42 Å². The third-order valence-electron chi connectivity index (χ3n) is 2.94.